The average molecular weight is 258 g/mol. The van der Waals surface area contributed by atoms with Crippen LogP contribution in [0.3, 0.4) is 0 Å². The van der Waals surface area contributed by atoms with E-state index < -0.39 is 11.7 Å². The minimum Gasteiger partial charge on any atom is -0.462 e. The first-order valence-electron chi connectivity index (χ1n) is 5.93. The van der Waals surface area contributed by atoms with Crippen LogP contribution < -0.4 is 5.69 Å². The largest absolute Gasteiger partial charge is 0.462 e. The van der Waals surface area contributed by atoms with Crippen molar-refractivity contribution in [2.24, 2.45) is 7.05 Å². The first kappa shape index (κ1) is 13.0. The zero-order chi connectivity index (χ0) is 13.8. The number of rotatable bonds is 3. The van der Waals surface area contributed by atoms with E-state index in [1.54, 1.807) is 14.0 Å². The highest BCUT2D eigenvalue weighted by Crippen LogP contribution is 2.21. The highest BCUT2D eigenvalue weighted by Gasteiger charge is 2.17. The molecule has 0 radical (unpaired) electrons. The zero-order valence-electron chi connectivity index (χ0n) is 10.8. The van der Waals surface area contributed by atoms with Crippen LogP contribution in [0.25, 0.3) is 11.3 Å². The Morgan fingerprint density at radius 1 is 1.32 bits per heavy atom. The molecule has 0 amide bonds. The quantitative estimate of drug-likeness (QED) is 0.785. The third-order valence-corrected chi connectivity index (χ3v) is 2.72. The summed E-state index contributed by atoms with van der Waals surface area (Å²) in [5.74, 6) is -0.482. The summed E-state index contributed by atoms with van der Waals surface area (Å²) in [5.41, 5.74) is 1.16. The van der Waals surface area contributed by atoms with Gasteiger partial charge in [-0.25, -0.2) is 14.6 Å². The number of benzene rings is 1. The molecule has 5 nitrogen and oxygen atoms in total. The van der Waals surface area contributed by atoms with Crippen molar-refractivity contribution in [2.75, 3.05) is 6.61 Å². The summed E-state index contributed by atoms with van der Waals surface area (Å²) in [6.45, 7) is 2.01. The van der Waals surface area contributed by atoms with E-state index in [-0.39, 0.29) is 12.2 Å². The summed E-state index contributed by atoms with van der Waals surface area (Å²) in [5, 5.41) is 0. The molecule has 1 aromatic heterocycles. The summed E-state index contributed by atoms with van der Waals surface area (Å²) in [6.07, 6.45) is 1.27. The van der Waals surface area contributed by atoms with Crippen LogP contribution in [-0.2, 0) is 11.8 Å². The second kappa shape index (κ2) is 5.48. The fraction of sp³-hybridized carbons (Fsp3) is 0.214. The van der Waals surface area contributed by atoms with Gasteiger partial charge in [-0.2, -0.15) is 0 Å². The highest BCUT2D eigenvalue weighted by atomic mass is 16.5. The Balaban J connectivity index is 2.66. The standard InChI is InChI=1S/C14H14N2O3/c1-3-19-13(17)11-9-15-14(18)16(2)12(11)10-7-5-4-6-8-10/h4-9H,3H2,1-2H3. The molecule has 5 heteroatoms. The van der Waals surface area contributed by atoms with Gasteiger partial charge >= 0.3 is 11.7 Å². The average Bonchev–Trinajstić information content (AvgIpc) is 2.43. The van der Waals surface area contributed by atoms with Crippen LogP contribution >= 0.6 is 0 Å². The number of nitrogens with zero attached hydrogens (tertiary/aromatic N) is 2. The molecule has 0 bridgehead atoms. The van der Waals surface area contributed by atoms with Gasteiger partial charge in [-0.05, 0) is 12.5 Å². The van der Waals surface area contributed by atoms with Gasteiger partial charge in [0, 0.05) is 13.2 Å². The topological polar surface area (TPSA) is 61.2 Å². The maximum absolute atomic E-state index is 11.9. The van der Waals surface area contributed by atoms with E-state index in [0.717, 1.165) is 5.56 Å². The van der Waals surface area contributed by atoms with Crippen LogP contribution in [-0.4, -0.2) is 22.1 Å². The SMILES string of the molecule is CCOC(=O)c1cnc(=O)n(C)c1-c1ccccc1. The minimum atomic E-state index is -0.482. The lowest BCUT2D eigenvalue weighted by Gasteiger charge is -2.12. The van der Waals surface area contributed by atoms with Gasteiger partial charge in [-0.1, -0.05) is 30.3 Å². The Hall–Kier alpha value is -2.43. The first-order chi connectivity index (χ1) is 9.15. The van der Waals surface area contributed by atoms with Gasteiger partial charge in [-0.15, -0.1) is 0 Å². The molecule has 0 aliphatic rings. The van der Waals surface area contributed by atoms with Crippen LogP contribution in [0.1, 0.15) is 17.3 Å². The number of hydrogen-bond acceptors (Lipinski definition) is 4. The smallest absolute Gasteiger partial charge is 0.347 e. The van der Waals surface area contributed by atoms with E-state index >= 15 is 0 Å². The van der Waals surface area contributed by atoms with Gasteiger partial charge in [0.05, 0.1) is 12.3 Å². The van der Waals surface area contributed by atoms with Crippen molar-refractivity contribution in [3.63, 3.8) is 0 Å². The van der Waals surface area contributed by atoms with Crippen LogP contribution in [0.5, 0.6) is 0 Å². The third kappa shape index (κ3) is 2.54. The van der Waals surface area contributed by atoms with Crippen molar-refractivity contribution in [2.45, 2.75) is 6.92 Å². The van der Waals surface area contributed by atoms with Crippen molar-refractivity contribution in [1.82, 2.24) is 9.55 Å². The summed E-state index contributed by atoms with van der Waals surface area (Å²) >= 11 is 0. The van der Waals surface area contributed by atoms with Gasteiger partial charge in [-0.3, -0.25) is 4.57 Å². The minimum absolute atomic E-state index is 0.274. The van der Waals surface area contributed by atoms with Gasteiger partial charge in [0.2, 0.25) is 0 Å². The molecule has 98 valence electrons. The molecule has 0 aliphatic heterocycles. The predicted octanol–water partition coefficient (Wildman–Crippen LogP) is 1.62. The van der Waals surface area contributed by atoms with Gasteiger partial charge in [0.25, 0.3) is 0 Å². The second-order valence-electron chi connectivity index (χ2n) is 3.95. The lowest BCUT2D eigenvalue weighted by Crippen LogP contribution is -2.24. The van der Waals surface area contributed by atoms with Gasteiger partial charge < -0.3 is 4.74 Å². The normalized spacial score (nSPS) is 10.2. The number of ether oxygens (including phenoxy) is 1. The molecule has 2 rings (SSSR count). The van der Waals surface area contributed by atoms with Crippen molar-refractivity contribution in [1.29, 1.82) is 0 Å². The number of hydrogen-bond donors (Lipinski definition) is 0. The fourth-order valence-corrected chi connectivity index (χ4v) is 1.85. The lowest BCUT2D eigenvalue weighted by molar-refractivity contribution is 0.0526. The maximum atomic E-state index is 11.9. The second-order valence-corrected chi connectivity index (χ2v) is 3.95. The predicted molar refractivity (Wildman–Crippen MR) is 70.9 cm³/mol. The lowest BCUT2D eigenvalue weighted by atomic mass is 10.1. The van der Waals surface area contributed by atoms with E-state index in [2.05, 4.69) is 4.98 Å². The van der Waals surface area contributed by atoms with Gasteiger partial charge in [0.1, 0.15) is 5.56 Å². The fourth-order valence-electron chi connectivity index (χ4n) is 1.85. The van der Waals surface area contributed by atoms with Crippen LogP contribution in [0.4, 0.5) is 0 Å². The Morgan fingerprint density at radius 3 is 2.63 bits per heavy atom. The molecular formula is C14H14N2O3. The molecule has 0 aliphatic carbocycles. The van der Waals surface area contributed by atoms with Gasteiger partial charge in [0.15, 0.2) is 0 Å². The molecular weight excluding hydrogens is 244 g/mol. The Bertz CT molecular complexity index is 647. The van der Waals surface area contributed by atoms with Crippen molar-refractivity contribution >= 4 is 5.97 Å². The van der Waals surface area contributed by atoms with Crippen molar-refractivity contribution in [3.8, 4) is 11.3 Å². The summed E-state index contributed by atoms with van der Waals surface area (Å²) in [7, 11) is 1.58. The van der Waals surface area contributed by atoms with E-state index in [1.165, 1.54) is 10.8 Å². The Labute approximate surface area is 110 Å². The number of aromatic nitrogens is 2. The summed E-state index contributed by atoms with van der Waals surface area (Å²) in [6, 6.07) is 9.21. The van der Waals surface area contributed by atoms with E-state index in [4.69, 9.17) is 4.74 Å². The Kier molecular flexibility index (Phi) is 3.75. The van der Waals surface area contributed by atoms with Crippen molar-refractivity contribution in [3.05, 3.63) is 52.6 Å². The van der Waals surface area contributed by atoms with E-state index in [9.17, 15) is 9.59 Å². The molecule has 0 unspecified atom stereocenters. The number of esters is 1. The Morgan fingerprint density at radius 2 is 2.00 bits per heavy atom. The number of carbonyl (C=O) groups is 1. The molecule has 0 N–H and O–H groups in total. The summed E-state index contributed by atoms with van der Waals surface area (Å²) in [4.78, 5) is 27.2. The molecule has 1 heterocycles. The van der Waals surface area contributed by atoms with E-state index in [1.807, 2.05) is 30.3 Å². The monoisotopic (exact) mass is 258 g/mol. The number of carbonyl (C=O) groups excluding carboxylic acids is 1. The molecule has 0 spiro atoms. The molecule has 2 aromatic rings. The van der Waals surface area contributed by atoms with Crippen LogP contribution in [0, 0.1) is 0 Å². The van der Waals surface area contributed by atoms with Crippen LogP contribution in [0.2, 0.25) is 0 Å². The molecule has 0 saturated heterocycles. The zero-order valence-corrected chi connectivity index (χ0v) is 10.8. The molecule has 0 fully saturated rings. The third-order valence-electron chi connectivity index (χ3n) is 2.72. The molecule has 0 atom stereocenters. The summed E-state index contributed by atoms with van der Waals surface area (Å²) < 4.78 is 6.34. The maximum Gasteiger partial charge on any atom is 0.347 e. The molecule has 0 saturated carbocycles. The first-order valence-corrected chi connectivity index (χ1v) is 5.93. The van der Waals surface area contributed by atoms with Crippen molar-refractivity contribution < 1.29 is 9.53 Å². The molecule has 19 heavy (non-hydrogen) atoms. The van der Waals surface area contributed by atoms with Crippen LogP contribution in [0.15, 0.2) is 41.3 Å². The van der Waals surface area contributed by atoms with E-state index in [0.29, 0.717) is 5.69 Å². The highest BCUT2D eigenvalue weighted by molar-refractivity contribution is 5.95. The molecule has 1 aromatic carbocycles.